The molecule has 1 N–H and O–H groups in total. The van der Waals surface area contributed by atoms with Crippen LogP contribution in [0.3, 0.4) is 0 Å². The Labute approximate surface area is 142 Å². The Balaban J connectivity index is 3.17. The molecule has 0 saturated carbocycles. The maximum Gasteiger partial charge on any atom is 0.407 e. The van der Waals surface area contributed by atoms with Crippen molar-refractivity contribution in [3.8, 4) is 12.3 Å². The van der Waals surface area contributed by atoms with Crippen molar-refractivity contribution in [2.24, 2.45) is 5.41 Å². The minimum Gasteiger partial charge on any atom is -0.465 e. The van der Waals surface area contributed by atoms with Crippen molar-refractivity contribution in [3.05, 3.63) is 0 Å². The van der Waals surface area contributed by atoms with Crippen molar-refractivity contribution in [2.75, 3.05) is 6.54 Å². The van der Waals surface area contributed by atoms with Crippen LogP contribution < -0.4 is 0 Å². The first kappa shape index (κ1) is 20.1. The molecule has 0 aliphatic carbocycles. The van der Waals surface area contributed by atoms with Gasteiger partial charge in [-0.15, -0.1) is 12.3 Å². The molecule has 23 heavy (non-hydrogen) atoms. The van der Waals surface area contributed by atoms with Crippen LogP contribution in [-0.2, 0) is 4.43 Å². The third-order valence-corrected chi connectivity index (χ3v) is 10.3. The van der Waals surface area contributed by atoms with Gasteiger partial charge in [0.05, 0.1) is 11.6 Å². The Morgan fingerprint density at radius 2 is 1.87 bits per heavy atom. The molecule has 0 aromatic heterocycles. The molecular weight excluding hydrogens is 306 g/mol. The van der Waals surface area contributed by atoms with Gasteiger partial charge >= 0.3 is 6.09 Å². The predicted molar refractivity (Wildman–Crippen MR) is 97.1 cm³/mol. The van der Waals surface area contributed by atoms with E-state index in [1.807, 2.05) is 0 Å². The summed E-state index contributed by atoms with van der Waals surface area (Å²) in [6.07, 6.45) is 5.69. The van der Waals surface area contributed by atoms with Crippen LogP contribution in [0.2, 0.25) is 18.1 Å². The lowest BCUT2D eigenvalue weighted by molar-refractivity contribution is 0.0339. The van der Waals surface area contributed by atoms with Crippen LogP contribution in [0.15, 0.2) is 0 Å². The molecule has 1 aliphatic rings. The van der Waals surface area contributed by atoms with Gasteiger partial charge in [0.2, 0.25) is 0 Å². The Hall–Kier alpha value is -0.993. The summed E-state index contributed by atoms with van der Waals surface area (Å²) in [5, 5.41) is 9.83. The van der Waals surface area contributed by atoms with Gasteiger partial charge in [-0.2, -0.15) is 0 Å². The molecule has 1 amide bonds. The molecule has 1 unspecified atom stereocenters. The second-order valence-electron chi connectivity index (χ2n) is 9.26. The highest BCUT2D eigenvalue weighted by Gasteiger charge is 2.56. The lowest BCUT2D eigenvalue weighted by Gasteiger charge is -2.46. The largest absolute Gasteiger partial charge is 0.465 e. The SMILES string of the molecule is C#CCC1(C(C)(C)C)C[C@@H](O[Si](C)(C)C(C)(C)C)CN1C(=O)O. The number of likely N-dealkylation sites (tertiary alicyclic amines) is 1. The Morgan fingerprint density at radius 3 is 2.22 bits per heavy atom. The molecule has 0 aromatic rings. The van der Waals surface area contributed by atoms with Gasteiger partial charge in [-0.3, -0.25) is 4.90 Å². The molecule has 1 aliphatic heterocycles. The summed E-state index contributed by atoms with van der Waals surface area (Å²) in [6, 6.07) is 0. The first-order valence-corrected chi connectivity index (χ1v) is 11.2. The fraction of sp³-hybridized carbons (Fsp3) is 0.833. The van der Waals surface area contributed by atoms with E-state index in [4.69, 9.17) is 10.8 Å². The number of nitrogens with zero attached hydrogens (tertiary/aromatic N) is 1. The van der Waals surface area contributed by atoms with Crippen molar-refractivity contribution in [2.45, 2.75) is 84.2 Å². The van der Waals surface area contributed by atoms with E-state index in [1.165, 1.54) is 4.90 Å². The molecule has 0 aromatic carbocycles. The summed E-state index contributed by atoms with van der Waals surface area (Å²) in [4.78, 5) is 13.4. The third-order valence-electron chi connectivity index (χ3n) is 5.76. The summed E-state index contributed by atoms with van der Waals surface area (Å²) in [5.74, 6) is 2.71. The zero-order valence-corrected chi connectivity index (χ0v) is 17.0. The van der Waals surface area contributed by atoms with E-state index >= 15 is 0 Å². The predicted octanol–water partition coefficient (Wildman–Crippen LogP) is 4.57. The number of hydrogen-bond donors (Lipinski definition) is 1. The van der Waals surface area contributed by atoms with Gasteiger partial charge in [0.15, 0.2) is 8.32 Å². The minimum atomic E-state index is -1.95. The smallest absolute Gasteiger partial charge is 0.407 e. The topological polar surface area (TPSA) is 49.8 Å². The van der Waals surface area contributed by atoms with Gasteiger partial charge in [-0.1, -0.05) is 41.5 Å². The molecule has 1 heterocycles. The molecule has 4 nitrogen and oxygen atoms in total. The van der Waals surface area contributed by atoms with Crippen LogP contribution in [-0.4, -0.2) is 42.6 Å². The van der Waals surface area contributed by atoms with Crippen LogP contribution in [0, 0.1) is 17.8 Å². The molecular formula is C18H33NO3Si. The molecule has 5 heteroatoms. The monoisotopic (exact) mass is 339 g/mol. The molecule has 0 radical (unpaired) electrons. The van der Waals surface area contributed by atoms with Crippen molar-refractivity contribution < 1.29 is 14.3 Å². The summed E-state index contributed by atoms with van der Waals surface area (Å²) < 4.78 is 6.51. The van der Waals surface area contributed by atoms with Crippen molar-refractivity contribution in [1.82, 2.24) is 4.90 Å². The van der Waals surface area contributed by atoms with Gasteiger partial charge in [-0.05, 0) is 30.0 Å². The lowest BCUT2D eigenvalue weighted by atomic mass is 9.70. The lowest BCUT2D eigenvalue weighted by Crippen LogP contribution is -2.55. The van der Waals surface area contributed by atoms with Crippen LogP contribution in [0.4, 0.5) is 4.79 Å². The van der Waals surface area contributed by atoms with Crippen LogP contribution in [0.1, 0.15) is 54.4 Å². The molecule has 0 bridgehead atoms. The fourth-order valence-electron chi connectivity index (χ4n) is 3.18. The van der Waals surface area contributed by atoms with E-state index in [2.05, 4.69) is 60.6 Å². The quantitative estimate of drug-likeness (QED) is 0.605. The van der Waals surface area contributed by atoms with Gasteiger partial charge in [0.25, 0.3) is 0 Å². The first-order chi connectivity index (χ1) is 10.2. The summed E-state index contributed by atoms with van der Waals surface area (Å²) in [5.41, 5.74) is -0.816. The highest BCUT2D eigenvalue weighted by atomic mass is 28.4. The van der Waals surface area contributed by atoms with Gasteiger partial charge in [0.1, 0.15) is 0 Å². The third kappa shape index (κ3) is 3.75. The molecule has 1 fully saturated rings. The molecule has 1 rings (SSSR count). The maximum atomic E-state index is 11.9. The van der Waals surface area contributed by atoms with Crippen molar-refractivity contribution >= 4 is 14.4 Å². The number of rotatable bonds is 3. The second kappa shape index (κ2) is 6.14. The normalized spacial score (nSPS) is 26.2. The highest BCUT2D eigenvalue weighted by molar-refractivity contribution is 6.74. The second-order valence-corrected chi connectivity index (χ2v) is 14.0. The number of terminal acetylenes is 1. The van der Waals surface area contributed by atoms with Crippen molar-refractivity contribution in [3.63, 3.8) is 0 Å². The summed E-state index contributed by atoms with van der Waals surface area (Å²) in [7, 11) is -1.95. The Kier molecular flexibility index (Phi) is 5.35. The zero-order chi connectivity index (χ0) is 18.3. The van der Waals surface area contributed by atoms with E-state index in [1.54, 1.807) is 0 Å². The van der Waals surface area contributed by atoms with E-state index in [9.17, 15) is 9.90 Å². The van der Waals surface area contributed by atoms with E-state index in [0.717, 1.165) is 0 Å². The fourth-order valence-corrected chi connectivity index (χ4v) is 4.52. The van der Waals surface area contributed by atoms with Crippen LogP contribution >= 0.6 is 0 Å². The van der Waals surface area contributed by atoms with Crippen LogP contribution in [0.5, 0.6) is 0 Å². The maximum absolute atomic E-state index is 11.9. The van der Waals surface area contributed by atoms with Crippen molar-refractivity contribution in [1.29, 1.82) is 0 Å². The molecule has 0 spiro atoms. The highest BCUT2D eigenvalue weighted by Crippen LogP contribution is 2.48. The minimum absolute atomic E-state index is 0.0837. The van der Waals surface area contributed by atoms with Crippen LogP contribution in [0.25, 0.3) is 0 Å². The van der Waals surface area contributed by atoms with E-state index < -0.39 is 19.9 Å². The molecule has 132 valence electrons. The molecule has 2 atom stereocenters. The van der Waals surface area contributed by atoms with Gasteiger partial charge < -0.3 is 9.53 Å². The summed E-state index contributed by atoms with van der Waals surface area (Å²) in [6.45, 7) is 17.6. The average Bonchev–Trinajstić information content (AvgIpc) is 2.66. The number of carboxylic acid groups (broad SMARTS) is 1. The summed E-state index contributed by atoms with van der Waals surface area (Å²) >= 11 is 0. The van der Waals surface area contributed by atoms with E-state index in [0.29, 0.717) is 19.4 Å². The average molecular weight is 340 g/mol. The van der Waals surface area contributed by atoms with Gasteiger partial charge in [-0.25, -0.2) is 4.79 Å². The number of amides is 1. The van der Waals surface area contributed by atoms with Gasteiger partial charge in [0, 0.05) is 13.0 Å². The number of hydrogen-bond acceptors (Lipinski definition) is 2. The standard InChI is InChI=1S/C18H33NO3Si/c1-10-11-18(16(2,3)4)12-14(13-19(18)15(20)21)22-23(8,9)17(5,6)7/h1,14H,11-13H2,2-9H3,(H,20,21)/t14-,18?/m1/s1. The first-order valence-electron chi connectivity index (χ1n) is 8.30. The van der Waals surface area contributed by atoms with E-state index in [-0.39, 0.29) is 16.6 Å². The Bertz CT molecular complexity index is 496. The number of carbonyl (C=O) groups is 1. The Morgan fingerprint density at radius 1 is 1.35 bits per heavy atom. The molecule has 1 saturated heterocycles. The zero-order valence-electron chi connectivity index (χ0n) is 16.0.